The first-order valence-corrected chi connectivity index (χ1v) is 6.91. The van der Waals surface area contributed by atoms with Gasteiger partial charge in [-0.25, -0.2) is 4.79 Å². The van der Waals surface area contributed by atoms with E-state index >= 15 is 0 Å². The van der Waals surface area contributed by atoms with Gasteiger partial charge in [0.15, 0.2) is 0 Å². The number of nitrogens with one attached hydrogen (secondary N) is 1. The van der Waals surface area contributed by atoms with Crippen LogP contribution in [-0.2, 0) is 4.74 Å². The molecular formula is C11H21IN2O2. The predicted octanol–water partition coefficient (Wildman–Crippen LogP) is 2.19. The number of alkyl halides is 1. The van der Waals surface area contributed by atoms with Crippen molar-refractivity contribution in [2.75, 3.05) is 0 Å². The molecule has 1 aliphatic rings. The Morgan fingerprint density at radius 2 is 2.06 bits per heavy atom. The smallest absolute Gasteiger partial charge is 0.407 e. The van der Waals surface area contributed by atoms with Crippen molar-refractivity contribution < 1.29 is 9.53 Å². The first-order valence-electron chi connectivity index (χ1n) is 5.67. The van der Waals surface area contributed by atoms with E-state index in [9.17, 15) is 4.79 Å². The predicted molar refractivity (Wildman–Crippen MR) is 72.8 cm³/mol. The van der Waals surface area contributed by atoms with Crippen molar-refractivity contribution in [2.24, 2.45) is 5.73 Å². The molecule has 3 unspecified atom stereocenters. The van der Waals surface area contributed by atoms with Crippen molar-refractivity contribution >= 4 is 28.7 Å². The van der Waals surface area contributed by atoms with E-state index in [0.29, 0.717) is 3.92 Å². The third-order valence-electron chi connectivity index (χ3n) is 2.52. The van der Waals surface area contributed by atoms with Crippen molar-refractivity contribution in [3.8, 4) is 0 Å². The van der Waals surface area contributed by atoms with Crippen LogP contribution in [0.4, 0.5) is 4.79 Å². The Hall–Kier alpha value is -0.0400. The van der Waals surface area contributed by atoms with E-state index in [0.717, 1.165) is 19.3 Å². The zero-order valence-corrected chi connectivity index (χ0v) is 12.3. The number of carbonyl (C=O) groups is 1. The maximum atomic E-state index is 11.6. The maximum Gasteiger partial charge on any atom is 0.407 e. The molecule has 0 bridgehead atoms. The number of rotatable bonds is 1. The van der Waals surface area contributed by atoms with Crippen LogP contribution in [0.15, 0.2) is 0 Å². The summed E-state index contributed by atoms with van der Waals surface area (Å²) in [5, 5.41) is 2.92. The van der Waals surface area contributed by atoms with Gasteiger partial charge < -0.3 is 15.8 Å². The van der Waals surface area contributed by atoms with Gasteiger partial charge in [0, 0.05) is 16.0 Å². The average Bonchev–Trinajstić information content (AvgIpc) is 2.06. The number of nitrogens with two attached hydrogens (primary N) is 1. The monoisotopic (exact) mass is 340 g/mol. The summed E-state index contributed by atoms with van der Waals surface area (Å²) in [5.74, 6) is 0. The molecule has 0 aliphatic heterocycles. The topological polar surface area (TPSA) is 64.3 Å². The van der Waals surface area contributed by atoms with Crippen LogP contribution in [0.3, 0.4) is 0 Å². The highest BCUT2D eigenvalue weighted by Crippen LogP contribution is 2.24. The van der Waals surface area contributed by atoms with Gasteiger partial charge in [0.05, 0.1) is 0 Å². The van der Waals surface area contributed by atoms with E-state index in [1.165, 1.54) is 0 Å². The fourth-order valence-electron chi connectivity index (χ4n) is 1.77. The van der Waals surface area contributed by atoms with Crippen LogP contribution < -0.4 is 11.1 Å². The van der Waals surface area contributed by atoms with Gasteiger partial charge in [0.1, 0.15) is 5.60 Å². The summed E-state index contributed by atoms with van der Waals surface area (Å²) in [6.45, 7) is 5.60. The number of hydrogen-bond acceptors (Lipinski definition) is 3. The summed E-state index contributed by atoms with van der Waals surface area (Å²) in [6.07, 6.45) is 2.55. The lowest BCUT2D eigenvalue weighted by atomic mass is 9.92. The zero-order valence-electron chi connectivity index (χ0n) is 10.1. The standard InChI is InChI=1S/C11H21IN2O2/c1-11(2,3)16-10(15)14-9-5-4-7(13)6-8(9)12/h7-9H,4-6,13H2,1-3H3,(H,14,15). The molecule has 3 atom stereocenters. The molecule has 0 saturated heterocycles. The summed E-state index contributed by atoms with van der Waals surface area (Å²) < 4.78 is 5.63. The molecule has 1 amide bonds. The molecule has 0 heterocycles. The van der Waals surface area contributed by atoms with Crippen molar-refractivity contribution in [2.45, 2.75) is 61.6 Å². The van der Waals surface area contributed by atoms with Gasteiger partial charge in [-0.3, -0.25) is 0 Å². The van der Waals surface area contributed by atoms with Crippen molar-refractivity contribution in [3.63, 3.8) is 0 Å². The van der Waals surface area contributed by atoms with Crippen molar-refractivity contribution in [1.29, 1.82) is 0 Å². The second-order valence-corrected chi connectivity index (χ2v) is 6.94. The van der Waals surface area contributed by atoms with Crippen LogP contribution in [0.5, 0.6) is 0 Å². The van der Waals surface area contributed by atoms with Crippen molar-refractivity contribution in [3.05, 3.63) is 0 Å². The van der Waals surface area contributed by atoms with E-state index < -0.39 is 5.60 Å². The van der Waals surface area contributed by atoms with E-state index in [2.05, 4.69) is 27.9 Å². The van der Waals surface area contributed by atoms with E-state index in [1.807, 2.05) is 20.8 Å². The first kappa shape index (κ1) is 14.0. The van der Waals surface area contributed by atoms with E-state index in [-0.39, 0.29) is 18.2 Å². The highest BCUT2D eigenvalue weighted by molar-refractivity contribution is 14.1. The molecule has 5 heteroatoms. The largest absolute Gasteiger partial charge is 0.444 e. The lowest BCUT2D eigenvalue weighted by Gasteiger charge is -2.32. The zero-order chi connectivity index (χ0) is 12.3. The molecular weight excluding hydrogens is 319 g/mol. The second kappa shape index (κ2) is 5.53. The Morgan fingerprint density at radius 1 is 1.44 bits per heavy atom. The fraction of sp³-hybridized carbons (Fsp3) is 0.909. The Labute approximate surface area is 111 Å². The number of hydrogen-bond donors (Lipinski definition) is 2. The summed E-state index contributed by atoms with van der Waals surface area (Å²) in [6, 6.07) is 0.467. The minimum Gasteiger partial charge on any atom is -0.444 e. The number of alkyl carbamates (subject to hydrolysis) is 1. The molecule has 3 N–H and O–H groups in total. The summed E-state index contributed by atoms with van der Waals surface area (Å²) in [4.78, 5) is 11.6. The molecule has 0 aromatic rings. The van der Waals surface area contributed by atoms with Gasteiger partial charge >= 0.3 is 6.09 Å². The summed E-state index contributed by atoms with van der Waals surface area (Å²) in [7, 11) is 0. The molecule has 0 aromatic carbocycles. The van der Waals surface area contributed by atoms with Gasteiger partial charge in [0.2, 0.25) is 0 Å². The van der Waals surface area contributed by atoms with E-state index in [4.69, 9.17) is 10.5 Å². The highest BCUT2D eigenvalue weighted by Gasteiger charge is 2.29. The molecule has 1 fully saturated rings. The number of halogens is 1. The summed E-state index contributed by atoms with van der Waals surface area (Å²) >= 11 is 2.35. The lowest BCUT2D eigenvalue weighted by Crippen LogP contribution is -2.48. The summed E-state index contributed by atoms with van der Waals surface area (Å²) in [5.41, 5.74) is 5.44. The Balaban J connectivity index is 2.39. The third-order valence-corrected chi connectivity index (χ3v) is 3.89. The number of amides is 1. The molecule has 4 nitrogen and oxygen atoms in total. The van der Waals surface area contributed by atoms with Gasteiger partial charge in [-0.2, -0.15) is 0 Å². The van der Waals surface area contributed by atoms with Crippen LogP contribution >= 0.6 is 22.6 Å². The average molecular weight is 340 g/mol. The number of carbonyl (C=O) groups excluding carboxylic acids is 1. The normalized spacial score (nSPS) is 30.9. The van der Waals surface area contributed by atoms with Gasteiger partial charge in [-0.1, -0.05) is 22.6 Å². The van der Waals surface area contributed by atoms with Crippen molar-refractivity contribution in [1.82, 2.24) is 5.32 Å². The second-order valence-electron chi connectivity index (χ2n) is 5.34. The molecule has 0 spiro atoms. The minimum absolute atomic E-state index is 0.190. The van der Waals surface area contributed by atoms with Gasteiger partial charge in [0.25, 0.3) is 0 Å². The molecule has 94 valence electrons. The quantitative estimate of drug-likeness (QED) is 0.568. The van der Waals surface area contributed by atoms with Crippen LogP contribution in [0.1, 0.15) is 40.0 Å². The Bertz CT molecular complexity index is 253. The van der Waals surface area contributed by atoms with Gasteiger partial charge in [-0.05, 0) is 40.0 Å². The highest BCUT2D eigenvalue weighted by atomic mass is 127. The molecule has 1 rings (SSSR count). The Morgan fingerprint density at radius 3 is 2.56 bits per heavy atom. The maximum absolute atomic E-state index is 11.6. The van der Waals surface area contributed by atoms with Crippen LogP contribution in [0, 0.1) is 0 Å². The molecule has 1 saturated carbocycles. The SMILES string of the molecule is CC(C)(C)OC(=O)NC1CCC(N)CC1I. The molecule has 0 aromatic heterocycles. The lowest BCUT2D eigenvalue weighted by molar-refractivity contribution is 0.0495. The van der Waals surface area contributed by atoms with Crippen LogP contribution in [-0.4, -0.2) is 27.7 Å². The molecule has 16 heavy (non-hydrogen) atoms. The minimum atomic E-state index is -0.435. The van der Waals surface area contributed by atoms with Gasteiger partial charge in [-0.15, -0.1) is 0 Å². The van der Waals surface area contributed by atoms with Crippen LogP contribution in [0.25, 0.3) is 0 Å². The fourth-order valence-corrected chi connectivity index (χ4v) is 2.96. The van der Waals surface area contributed by atoms with E-state index in [1.54, 1.807) is 0 Å². The number of ether oxygens (including phenoxy) is 1. The third kappa shape index (κ3) is 4.86. The molecule has 1 aliphatic carbocycles. The van der Waals surface area contributed by atoms with Crippen LogP contribution in [0.2, 0.25) is 0 Å². The first-order chi connectivity index (χ1) is 7.28. The Kier molecular flexibility index (Phi) is 4.85. The molecule has 0 radical (unpaired) electrons.